The maximum absolute atomic E-state index is 5.58. The molecular formula is C24H27N7O2S. The predicted molar refractivity (Wildman–Crippen MR) is 132 cm³/mol. The molecule has 9 nitrogen and oxygen atoms in total. The van der Waals surface area contributed by atoms with Crippen molar-refractivity contribution in [3.8, 4) is 17.2 Å². The van der Waals surface area contributed by atoms with Crippen LogP contribution in [0.2, 0.25) is 0 Å². The molecule has 3 aromatic heterocycles. The molecule has 34 heavy (non-hydrogen) atoms. The molecule has 2 fully saturated rings. The van der Waals surface area contributed by atoms with Crippen molar-refractivity contribution in [1.29, 1.82) is 0 Å². The number of ether oxygens (including phenoxy) is 2. The number of hydrogen-bond donors (Lipinski definition) is 0. The van der Waals surface area contributed by atoms with Crippen LogP contribution in [0.3, 0.4) is 0 Å². The zero-order valence-corrected chi connectivity index (χ0v) is 20.0. The second kappa shape index (κ2) is 9.38. The highest BCUT2D eigenvalue weighted by molar-refractivity contribution is 7.19. The molecule has 2 saturated heterocycles. The number of aryl methyl sites for hydroxylation is 1. The quantitative estimate of drug-likeness (QED) is 0.434. The SMILES string of the molecule is Cc1cccc(-c2ccn(-c3nc(N4CCOCC4)c4sc(CN5CCOCC5)nc4n3)n2)c1. The van der Waals surface area contributed by atoms with E-state index in [1.54, 1.807) is 16.0 Å². The fraction of sp³-hybridized carbons (Fsp3) is 0.417. The van der Waals surface area contributed by atoms with E-state index in [0.29, 0.717) is 19.2 Å². The summed E-state index contributed by atoms with van der Waals surface area (Å²) < 4.78 is 13.9. The molecule has 0 atom stereocenters. The minimum Gasteiger partial charge on any atom is -0.379 e. The van der Waals surface area contributed by atoms with Gasteiger partial charge in [-0.3, -0.25) is 4.90 Å². The predicted octanol–water partition coefficient (Wildman–Crippen LogP) is 2.92. The normalized spacial score (nSPS) is 17.5. The highest BCUT2D eigenvalue weighted by Crippen LogP contribution is 2.32. The Labute approximate surface area is 202 Å². The lowest BCUT2D eigenvalue weighted by atomic mass is 10.1. The highest BCUT2D eigenvalue weighted by atomic mass is 32.1. The van der Waals surface area contributed by atoms with Crippen LogP contribution in [-0.2, 0) is 16.0 Å². The fourth-order valence-electron chi connectivity index (χ4n) is 4.35. The molecule has 0 bridgehead atoms. The van der Waals surface area contributed by atoms with Crippen LogP contribution in [0.5, 0.6) is 0 Å². The first-order valence-corrected chi connectivity index (χ1v) is 12.5. The smallest absolute Gasteiger partial charge is 0.254 e. The van der Waals surface area contributed by atoms with Crippen molar-refractivity contribution >= 4 is 27.5 Å². The summed E-state index contributed by atoms with van der Waals surface area (Å²) >= 11 is 1.69. The number of fused-ring (bicyclic) bond motifs is 1. The molecule has 0 saturated carbocycles. The molecule has 5 heterocycles. The monoisotopic (exact) mass is 477 g/mol. The molecule has 6 rings (SSSR count). The number of hydrogen-bond acceptors (Lipinski definition) is 9. The van der Waals surface area contributed by atoms with Gasteiger partial charge in [0.25, 0.3) is 5.95 Å². The fourth-order valence-corrected chi connectivity index (χ4v) is 5.41. The lowest BCUT2D eigenvalue weighted by molar-refractivity contribution is 0.0342. The van der Waals surface area contributed by atoms with Gasteiger partial charge in [0, 0.05) is 37.9 Å². The van der Waals surface area contributed by atoms with Crippen molar-refractivity contribution in [2.45, 2.75) is 13.5 Å². The molecule has 0 spiro atoms. The van der Waals surface area contributed by atoms with Crippen LogP contribution in [0.1, 0.15) is 10.6 Å². The van der Waals surface area contributed by atoms with Crippen LogP contribution in [-0.4, -0.2) is 82.2 Å². The number of rotatable bonds is 5. The van der Waals surface area contributed by atoms with Gasteiger partial charge in [-0.15, -0.1) is 11.3 Å². The molecule has 0 unspecified atom stereocenters. The summed E-state index contributed by atoms with van der Waals surface area (Å²) in [5, 5.41) is 5.84. The van der Waals surface area contributed by atoms with Gasteiger partial charge in [0.2, 0.25) is 0 Å². The molecule has 0 N–H and O–H groups in total. The van der Waals surface area contributed by atoms with Gasteiger partial charge in [-0.05, 0) is 19.1 Å². The van der Waals surface area contributed by atoms with Gasteiger partial charge >= 0.3 is 0 Å². The number of nitrogens with zero attached hydrogens (tertiary/aromatic N) is 7. The van der Waals surface area contributed by atoms with Gasteiger partial charge in [0.05, 0.1) is 38.7 Å². The van der Waals surface area contributed by atoms with Crippen molar-refractivity contribution in [3.63, 3.8) is 0 Å². The first kappa shape index (κ1) is 21.6. The topological polar surface area (TPSA) is 81.4 Å². The molecule has 10 heteroatoms. The largest absolute Gasteiger partial charge is 0.379 e. The van der Waals surface area contributed by atoms with Crippen molar-refractivity contribution in [3.05, 3.63) is 47.1 Å². The molecule has 0 aliphatic carbocycles. The second-order valence-electron chi connectivity index (χ2n) is 8.61. The molecule has 2 aliphatic heterocycles. The molecule has 0 radical (unpaired) electrons. The Balaban J connectivity index is 1.38. The first-order chi connectivity index (χ1) is 16.7. The van der Waals surface area contributed by atoms with Crippen molar-refractivity contribution in [2.24, 2.45) is 0 Å². The van der Waals surface area contributed by atoms with Crippen molar-refractivity contribution < 1.29 is 9.47 Å². The summed E-state index contributed by atoms with van der Waals surface area (Å²) in [5.74, 6) is 1.46. The number of anilines is 1. The van der Waals surface area contributed by atoms with E-state index in [2.05, 4.69) is 34.9 Å². The van der Waals surface area contributed by atoms with Crippen LogP contribution in [0.25, 0.3) is 27.6 Å². The van der Waals surface area contributed by atoms with Crippen molar-refractivity contribution in [2.75, 3.05) is 57.5 Å². The van der Waals surface area contributed by atoms with E-state index in [9.17, 15) is 0 Å². The lowest BCUT2D eigenvalue weighted by Crippen LogP contribution is -2.37. The maximum atomic E-state index is 5.58. The van der Waals surface area contributed by atoms with E-state index < -0.39 is 0 Å². The molecule has 2 aliphatic rings. The summed E-state index contributed by atoms with van der Waals surface area (Å²) in [7, 11) is 0. The molecule has 0 amide bonds. The standard InChI is InChI=1S/C24H27N7O2S/c1-17-3-2-4-18(15-17)19-5-6-31(28-19)24-26-22-21(23(27-24)30-9-13-33-14-10-30)34-20(25-22)16-29-7-11-32-12-8-29/h2-6,15H,7-14,16H2,1H3. The van der Waals surface area contributed by atoms with Gasteiger partial charge in [0.1, 0.15) is 9.71 Å². The van der Waals surface area contributed by atoms with Gasteiger partial charge in [0.15, 0.2) is 11.5 Å². The third-order valence-electron chi connectivity index (χ3n) is 6.15. The average Bonchev–Trinajstić information content (AvgIpc) is 3.52. The Morgan fingerprint density at radius 3 is 2.53 bits per heavy atom. The van der Waals surface area contributed by atoms with Gasteiger partial charge < -0.3 is 14.4 Å². The third kappa shape index (κ3) is 4.41. The molecular weight excluding hydrogens is 450 g/mol. The Hall–Kier alpha value is -2.92. The van der Waals surface area contributed by atoms with Crippen LogP contribution in [0.15, 0.2) is 36.5 Å². The summed E-state index contributed by atoms with van der Waals surface area (Å²) in [6.07, 6.45) is 1.92. The Kier molecular flexibility index (Phi) is 5.96. The van der Waals surface area contributed by atoms with Gasteiger partial charge in [-0.2, -0.15) is 15.1 Å². The van der Waals surface area contributed by atoms with E-state index in [-0.39, 0.29) is 0 Å². The summed E-state index contributed by atoms with van der Waals surface area (Å²) in [4.78, 5) is 19.4. The molecule has 4 aromatic rings. The van der Waals surface area contributed by atoms with Crippen LogP contribution < -0.4 is 4.90 Å². The van der Waals surface area contributed by atoms with E-state index in [1.165, 1.54) is 5.56 Å². The minimum absolute atomic E-state index is 0.538. The van der Waals surface area contributed by atoms with Crippen molar-refractivity contribution in [1.82, 2.24) is 29.6 Å². The Morgan fingerprint density at radius 1 is 0.941 bits per heavy atom. The second-order valence-corrected chi connectivity index (χ2v) is 9.69. The van der Waals surface area contributed by atoms with E-state index in [1.807, 2.05) is 18.3 Å². The number of benzene rings is 1. The van der Waals surface area contributed by atoms with Crippen LogP contribution in [0, 0.1) is 6.92 Å². The summed E-state index contributed by atoms with van der Waals surface area (Å²) in [6.45, 7) is 9.29. The highest BCUT2D eigenvalue weighted by Gasteiger charge is 2.22. The molecule has 176 valence electrons. The van der Waals surface area contributed by atoms with Gasteiger partial charge in [-0.1, -0.05) is 23.8 Å². The number of morpholine rings is 2. The van der Waals surface area contributed by atoms with E-state index in [4.69, 9.17) is 29.5 Å². The average molecular weight is 478 g/mol. The van der Waals surface area contributed by atoms with E-state index in [0.717, 1.165) is 78.4 Å². The molecule has 1 aromatic carbocycles. The minimum atomic E-state index is 0.538. The van der Waals surface area contributed by atoms with Crippen LogP contribution >= 0.6 is 11.3 Å². The summed E-state index contributed by atoms with van der Waals surface area (Å²) in [6, 6.07) is 10.3. The maximum Gasteiger partial charge on any atom is 0.254 e. The zero-order chi connectivity index (χ0) is 22.9. The summed E-state index contributed by atoms with van der Waals surface area (Å²) in [5.41, 5.74) is 3.91. The number of thiazole rings is 1. The first-order valence-electron chi connectivity index (χ1n) is 11.7. The Bertz CT molecular complexity index is 1290. The Morgan fingerprint density at radius 2 is 1.74 bits per heavy atom. The third-order valence-corrected chi connectivity index (χ3v) is 7.17. The van der Waals surface area contributed by atoms with Gasteiger partial charge in [-0.25, -0.2) is 9.67 Å². The number of aromatic nitrogens is 5. The van der Waals surface area contributed by atoms with Crippen LogP contribution in [0.4, 0.5) is 5.82 Å². The van der Waals surface area contributed by atoms with E-state index >= 15 is 0 Å². The lowest BCUT2D eigenvalue weighted by Gasteiger charge is -2.28. The zero-order valence-electron chi connectivity index (χ0n) is 19.2.